The van der Waals surface area contributed by atoms with Crippen LogP contribution in [0.4, 0.5) is 5.69 Å². The fourth-order valence-corrected chi connectivity index (χ4v) is 5.43. The number of benzene rings is 1. The van der Waals surface area contributed by atoms with Crippen LogP contribution < -0.4 is 5.32 Å². The van der Waals surface area contributed by atoms with E-state index < -0.39 is 14.9 Å². The van der Waals surface area contributed by atoms with Gasteiger partial charge in [-0.15, -0.1) is 12.4 Å². The number of nitro groups is 1. The van der Waals surface area contributed by atoms with Crippen LogP contribution in [0.25, 0.3) is 0 Å². The minimum Gasteiger partial charge on any atom is -0.315 e. The molecule has 2 heterocycles. The van der Waals surface area contributed by atoms with Crippen molar-refractivity contribution in [2.24, 2.45) is 0 Å². The Hall–Kier alpha value is -1.22. The summed E-state index contributed by atoms with van der Waals surface area (Å²) in [5.74, 6) is 0. The lowest BCUT2D eigenvalue weighted by molar-refractivity contribution is -0.385. The van der Waals surface area contributed by atoms with Gasteiger partial charge in [0.1, 0.15) is 0 Å². The zero-order valence-electron chi connectivity index (χ0n) is 12.8. The molecule has 1 aromatic rings. The van der Waals surface area contributed by atoms with Gasteiger partial charge in [0.05, 0.1) is 9.82 Å². The molecule has 2 unspecified atom stereocenters. The van der Waals surface area contributed by atoms with Crippen LogP contribution in [-0.2, 0) is 10.0 Å². The van der Waals surface area contributed by atoms with Gasteiger partial charge in [-0.2, -0.15) is 4.31 Å². The fraction of sp³-hybridized carbons (Fsp3) is 0.571. The molecule has 0 aliphatic carbocycles. The number of nitro benzene ring substituents is 1. The van der Waals surface area contributed by atoms with E-state index in [0.717, 1.165) is 25.8 Å². The molecule has 0 aromatic heterocycles. The molecular formula is C14H20ClN3O4S. The van der Waals surface area contributed by atoms with Crippen LogP contribution in [0.2, 0.25) is 0 Å². The lowest BCUT2D eigenvalue weighted by Gasteiger charge is -2.27. The largest absolute Gasteiger partial charge is 0.315 e. The summed E-state index contributed by atoms with van der Waals surface area (Å²) in [6.07, 6.45) is 2.56. The van der Waals surface area contributed by atoms with Gasteiger partial charge in [-0.3, -0.25) is 10.1 Å². The summed E-state index contributed by atoms with van der Waals surface area (Å²) in [7, 11) is -3.62. The van der Waals surface area contributed by atoms with Crippen molar-refractivity contribution >= 4 is 28.1 Å². The number of halogens is 1. The number of nitrogens with one attached hydrogen (secondary N) is 1. The van der Waals surface area contributed by atoms with E-state index in [0.29, 0.717) is 12.1 Å². The highest BCUT2D eigenvalue weighted by molar-refractivity contribution is 7.89. The molecule has 0 radical (unpaired) electrons. The van der Waals surface area contributed by atoms with Crippen LogP contribution in [0.3, 0.4) is 0 Å². The Morgan fingerprint density at radius 2 is 1.96 bits per heavy atom. The van der Waals surface area contributed by atoms with Crippen molar-refractivity contribution in [1.29, 1.82) is 0 Å². The Balaban J connectivity index is 0.00000192. The molecule has 1 N–H and O–H groups in total. The van der Waals surface area contributed by atoms with E-state index in [2.05, 4.69) is 5.32 Å². The van der Waals surface area contributed by atoms with E-state index in [1.54, 1.807) is 11.2 Å². The van der Waals surface area contributed by atoms with E-state index in [4.69, 9.17) is 0 Å². The summed E-state index contributed by atoms with van der Waals surface area (Å²) in [5.41, 5.74) is 0.311. The second-order valence-corrected chi connectivity index (χ2v) is 7.76. The molecule has 7 nitrogen and oxygen atoms in total. The van der Waals surface area contributed by atoms with Gasteiger partial charge in [0.25, 0.3) is 5.69 Å². The first-order valence-corrected chi connectivity index (χ1v) is 8.84. The summed E-state index contributed by atoms with van der Waals surface area (Å²) in [6.45, 7) is 3.06. The summed E-state index contributed by atoms with van der Waals surface area (Å²) < 4.78 is 27.5. The van der Waals surface area contributed by atoms with Gasteiger partial charge in [0.2, 0.25) is 10.0 Å². The molecule has 9 heteroatoms. The second-order valence-electron chi connectivity index (χ2n) is 5.92. The third-order valence-electron chi connectivity index (χ3n) is 4.53. The number of sulfonamides is 1. The molecule has 2 fully saturated rings. The molecule has 2 saturated heterocycles. The van der Waals surface area contributed by atoms with Crippen molar-refractivity contribution in [2.75, 3.05) is 13.1 Å². The van der Waals surface area contributed by atoms with Crippen LogP contribution in [0.15, 0.2) is 23.1 Å². The van der Waals surface area contributed by atoms with Gasteiger partial charge in [-0.05, 0) is 44.9 Å². The average molecular weight is 362 g/mol. The van der Waals surface area contributed by atoms with Gasteiger partial charge >= 0.3 is 0 Å². The predicted molar refractivity (Wildman–Crippen MR) is 88.4 cm³/mol. The number of hydrogen-bond acceptors (Lipinski definition) is 5. The molecule has 2 aliphatic rings. The van der Waals surface area contributed by atoms with Crippen molar-refractivity contribution in [3.8, 4) is 0 Å². The van der Waals surface area contributed by atoms with Crippen molar-refractivity contribution < 1.29 is 13.3 Å². The number of aryl methyl sites for hydroxylation is 1. The van der Waals surface area contributed by atoms with Crippen LogP contribution in [-0.4, -0.2) is 42.8 Å². The first-order valence-electron chi connectivity index (χ1n) is 7.40. The number of nitrogens with zero attached hydrogens (tertiary/aromatic N) is 2. The van der Waals surface area contributed by atoms with E-state index in [-0.39, 0.29) is 35.1 Å². The zero-order valence-corrected chi connectivity index (χ0v) is 14.4. The molecule has 128 valence electrons. The standard InChI is InChI=1S/C14H19N3O4S.ClH/c1-10-8-13(4-5-14(10)17(18)19)22(20,21)16-11-2-3-12(16)9-15-7-6-11;/h4-5,8,11-12,15H,2-3,6-7,9H2,1H3;1H. The maximum atomic E-state index is 13.0. The highest BCUT2D eigenvalue weighted by atomic mass is 35.5. The van der Waals surface area contributed by atoms with Crippen molar-refractivity contribution in [1.82, 2.24) is 9.62 Å². The van der Waals surface area contributed by atoms with Gasteiger partial charge in [0.15, 0.2) is 0 Å². The topological polar surface area (TPSA) is 92.6 Å². The van der Waals surface area contributed by atoms with Crippen LogP contribution in [0.1, 0.15) is 24.8 Å². The van der Waals surface area contributed by atoms with Crippen molar-refractivity contribution in [3.63, 3.8) is 0 Å². The maximum absolute atomic E-state index is 13.0. The van der Waals surface area contributed by atoms with E-state index in [1.807, 2.05) is 0 Å². The predicted octanol–water partition coefficient (Wildman–Crippen LogP) is 1.84. The Morgan fingerprint density at radius 1 is 1.26 bits per heavy atom. The quantitative estimate of drug-likeness (QED) is 0.655. The van der Waals surface area contributed by atoms with E-state index >= 15 is 0 Å². The minimum atomic E-state index is -3.62. The molecule has 2 aliphatic heterocycles. The molecule has 0 spiro atoms. The lowest BCUT2D eigenvalue weighted by atomic mass is 10.1. The van der Waals surface area contributed by atoms with Crippen molar-refractivity contribution in [2.45, 2.75) is 43.2 Å². The number of rotatable bonds is 3. The molecular weight excluding hydrogens is 342 g/mol. The Morgan fingerprint density at radius 3 is 2.61 bits per heavy atom. The lowest BCUT2D eigenvalue weighted by Crippen LogP contribution is -2.42. The molecule has 1 aromatic carbocycles. The third kappa shape index (κ3) is 3.21. The zero-order chi connectivity index (χ0) is 15.9. The molecule has 2 atom stereocenters. The highest BCUT2D eigenvalue weighted by Crippen LogP contribution is 2.34. The summed E-state index contributed by atoms with van der Waals surface area (Å²) in [6, 6.07) is 4.04. The van der Waals surface area contributed by atoms with Gasteiger partial charge in [-0.1, -0.05) is 0 Å². The Labute approximate surface area is 141 Å². The normalized spacial score (nSPS) is 24.7. The fourth-order valence-electron chi connectivity index (χ4n) is 3.45. The molecule has 0 amide bonds. The summed E-state index contributed by atoms with van der Waals surface area (Å²) >= 11 is 0. The van der Waals surface area contributed by atoms with Crippen molar-refractivity contribution in [3.05, 3.63) is 33.9 Å². The third-order valence-corrected chi connectivity index (χ3v) is 6.53. The van der Waals surface area contributed by atoms with Gasteiger partial charge < -0.3 is 5.32 Å². The second kappa shape index (κ2) is 6.72. The summed E-state index contributed by atoms with van der Waals surface area (Å²) in [4.78, 5) is 10.5. The van der Waals surface area contributed by atoms with Crippen LogP contribution >= 0.6 is 12.4 Å². The average Bonchev–Trinajstić information content (AvgIpc) is 2.72. The first-order chi connectivity index (χ1) is 10.4. The summed E-state index contributed by atoms with van der Waals surface area (Å²) in [5, 5.41) is 14.2. The Bertz CT molecular complexity index is 696. The van der Waals surface area contributed by atoms with Gasteiger partial charge in [-0.25, -0.2) is 8.42 Å². The van der Waals surface area contributed by atoms with Gasteiger partial charge in [0, 0.05) is 30.3 Å². The smallest absolute Gasteiger partial charge is 0.272 e. The first kappa shape index (κ1) is 18.1. The minimum absolute atomic E-state index is 0. The highest BCUT2D eigenvalue weighted by Gasteiger charge is 2.43. The number of fused-ring (bicyclic) bond motifs is 2. The molecule has 23 heavy (non-hydrogen) atoms. The molecule has 2 bridgehead atoms. The number of hydrogen-bond donors (Lipinski definition) is 1. The molecule has 0 saturated carbocycles. The molecule has 3 rings (SSSR count). The maximum Gasteiger partial charge on any atom is 0.272 e. The van der Waals surface area contributed by atoms with E-state index in [9.17, 15) is 18.5 Å². The van der Waals surface area contributed by atoms with E-state index in [1.165, 1.54) is 18.2 Å². The van der Waals surface area contributed by atoms with Crippen LogP contribution in [0.5, 0.6) is 0 Å². The Kier molecular flexibility index (Phi) is 5.30. The SMILES string of the molecule is Cc1cc(S(=O)(=O)N2C3CCNCC2CC3)ccc1[N+](=O)[O-].Cl. The monoisotopic (exact) mass is 361 g/mol. The van der Waals surface area contributed by atoms with Crippen LogP contribution in [0, 0.1) is 17.0 Å².